The van der Waals surface area contributed by atoms with E-state index in [1.807, 2.05) is 41.5 Å². The molecule has 6 heteroatoms. The first-order valence-electron chi connectivity index (χ1n) is 7.45. The predicted octanol–water partition coefficient (Wildman–Crippen LogP) is 3.23. The average Bonchev–Trinajstić information content (AvgIpc) is 2.34. The fourth-order valence-corrected chi connectivity index (χ4v) is 3.49. The monoisotopic (exact) mass is 342 g/mol. The first-order valence-corrected chi connectivity index (χ1v) is 8.99. The summed E-state index contributed by atoms with van der Waals surface area (Å²) in [6.45, 7) is 12.4. The molecule has 0 radical (unpaired) electrons. The number of hydrogen-bond donors (Lipinski definition) is 2. The highest BCUT2D eigenvalue weighted by atomic mass is 32.2. The van der Waals surface area contributed by atoms with Crippen LogP contribution >= 0.6 is 0 Å². The Bertz CT molecular complexity index is 683. The molecule has 0 amide bonds. The van der Waals surface area contributed by atoms with Gasteiger partial charge in [0.15, 0.2) is 15.1 Å². The van der Waals surface area contributed by atoms with Crippen molar-refractivity contribution in [3.05, 3.63) is 23.3 Å². The lowest BCUT2D eigenvalue weighted by atomic mass is 9.79. The van der Waals surface area contributed by atoms with Crippen LogP contribution in [0.4, 0.5) is 0 Å². The van der Waals surface area contributed by atoms with Crippen LogP contribution in [0, 0.1) is 0 Å². The van der Waals surface area contributed by atoms with Gasteiger partial charge in [-0.15, -0.1) is 0 Å². The third kappa shape index (κ3) is 3.86. The Morgan fingerprint density at radius 2 is 1.35 bits per heavy atom. The van der Waals surface area contributed by atoms with E-state index in [1.165, 1.54) is 12.1 Å². The summed E-state index contributed by atoms with van der Waals surface area (Å²) in [6.07, 6.45) is 0. The third-order valence-corrected chi connectivity index (χ3v) is 5.87. The van der Waals surface area contributed by atoms with E-state index in [1.54, 1.807) is 0 Å². The van der Waals surface area contributed by atoms with Crippen molar-refractivity contribution >= 4 is 15.8 Å². The molecular weight excluding hydrogens is 316 g/mol. The van der Waals surface area contributed by atoms with Crippen LogP contribution in [-0.4, -0.2) is 29.9 Å². The second kappa shape index (κ2) is 5.82. The number of phenols is 1. The second-order valence-electron chi connectivity index (χ2n) is 7.89. The number of carboxylic acids is 1. The maximum absolute atomic E-state index is 12.6. The van der Waals surface area contributed by atoms with E-state index >= 15 is 0 Å². The van der Waals surface area contributed by atoms with Crippen LogP contribution < -0.4 is 0 Å². The fourth-order valence-electron chi connectivity index (χ4n) is 2.25. The highest BCUT2D eigenvalue weighted by Gasteiger charge is 2.34. The molecule has 1 atom stereocenters. The van der Waals surface area contributed by atoms with Crippen molar-refractivity contribution in [3.8, 4) is 5.75 Å². The van der Waals surface area contributed by atoms with Crippen molar-refractivity contribution < 1.29 is 23.4 Å². The van der Waals surface area contributed by atoms with Crippen LogP contribution in [0.15, 0.2) is 17.0 Å². The molecule has 0 fully saturated rings. The van der Waals surface area contributed by atoms with Gasteiger partial charge in [0, 0.05) is 11.1 Å². The lowest BCUT2D eigenvalue weighted by molar-refractivity contribution is -0.136. The van der Waals surface area contributed by atoms with Crippen LogP contribution in [0.25, 0.3) is 0 Å². The van der Waals surface area contributed by atoms with Gasteiger partial charge >= 0.3 is 5.97 Å². The van der Waals surface area contributed by atoms with E-state index in [9.17, 15) is 18.3 Å². The predicted molar refractivity (Wildman–Crippen MR) is 89.8 cm³/mol. The molecule has 1 rings (SSSR count). The molecule has 5 nitrogen and oxygen atoms in total. The maximum atomic E-state index is 12.6. The summed E-state index contributed by atoms with van der Waals surface area (Å²) in [4.78, 5) is 11.1. The largest absolute Gasteiger partial charge is 0.507 e. The highest BCUT2D eigenvalue weighted by molar-refractivity contribution is 7.92. The lowest BCUT2D eigenvalue weighted by Crippen LogP contribution is -2.28. The lowest BCUT2D eigenvalue weighted by Gasteiger charge is -2.28. The van der Waals surface area contributed by atoms with Gasteiger partial charge in [0.2, 0.25) is 0 Å². The second-order valence-corrected chi connectivity index (χ2v) is 10.2. The van der Waals surface area contributed by atoms with Crippen molar-refractivity contribution in [3.63, 3.8) is 0 Å². The van der Waals surface area contributed by atoms with E-state index in [0.29, 0.717) is 11.1 Å². The van der Waals surface area contributed by atoms with Gasteiger partial charge in [-0.3, -0.25) is 4.79 Å². The minimum atomic E-state index is -4.03. The van der Waals surface area contributed by atoms with Crippen molar-refractivity contribution in [2.45, 2.75) is 69.4 Å². The number of carbonyl (C=O) groups is 1. The van der Waals surface area contributed by atoms with Gasteiger partial charge in [-0.1, -0.05) is 41.5 Å². The molecule has 1 aromatic carbocycles. The van der Waals surface area contributed by atoms with Gasteiger partial charge in [-0.25, -0.2) is 8.42 Å². The Labute approximate surface area is 138 Å². The molecular formula is C17H26O5S. The van der Waals surface area contributed by atoms with E-state index < -0.39 is 31.9 Å². The standard InChI is InChI=1S/C17H26O5S/c1-10(15(19)20)23(21,22)11-8-12(16(2,3)4)14(18)13(9-11)17(5,6)7/h8-10,18H,1-7H3,(H,19,20). The molecule has 0 spiro atoms. The number of rotatable bonds is 3. The smallest absolute Gasteiger partial charge is 0.321 e. The minimum absolute atomic E-state index is 0.0620. The SMILES string of the molecule is CC(C(=O)O)S(=O)(=O)c1cc(C(C)(C)C)c(O)c(C(C)(C)C)c1. The first kappa shape index (κ1) is 19.5. The van der Waals surface area contributed by atoms with Crippen molar-refractivity contribution in [1.82, 2.24) is 0 Å². The van der Waals surface area contributed by atoms with Crippen LogP contribution in [0.1, 0.15) is 59.6 Å². The van der Waals surface area contributed by atoms with Gasteiger partial charge in [0.05, 0.1) is 4.90 Å². The minimum Gasteiger partial charge on any atom is -0.507 e. The summed E-state index contributed by atoms with van der Waals surface area (Å²) in [5.74, 6) is -1.33. The van der Waals surface area contributed by atoms with E-state index in [-0.39, 0.29) is 10.6 Å². The van der Waals surface area contributed by atoms with Gasteiger partial charge in [0.25, 0.3) is 0 Å². The number of phenolic OH excluding ortho intramolecular Hbond substituents is 1. The van der Waals surface area contributed by atoms with Crippen molar-refractivity contribution in [2.75, 3.05) is 0 Å². The molecule has 0 aromatic heterocycles. The number of aliphatic carboxylic acids is 1. The molecule has 0 aliphatic heterocycles. The van der Waals surface area contributed by atoms with Crippen LogP contribution in [0.2, 0.25) is 0 Å². The Balaban J connectivity index is 3.81. The zero-order chi connectivity index (χ0) is 18.4. The summed E-state index contributed by atoms with van der Waals surface area (Å²) in [6, 6.07) is 2.78. The summed E-state index contributed by atoms with van der Waals surface area (Å²) >= 11 is 0. The third-order valence-electron chi connectivity index (χ3n) is 3.84. The summed E-state index contributed by atoms with van der Waals surface area (Å²) in [7, 11) is -4.03. The Morgan fingerprint density at radius 3 is 1.61 bits per heavy atom. The zero-order valence-electron chi connectivity index (χ0n) is 14.8. The molecule has 0 saturated carbocycles. The fraction of sp³-hybridized carbons (Fsp3) is 0.588. The molecule has 1 aromatic rings. The molecule has 0 aliphatic carbocycles. The van der Waals surface area contributed by atoms with Gasteiger partial charge in [0.1, 0.15) is 5.75 Å². The van der Waals surface area contributed by atoms with Crippen molar-refractivity contribution in [1.29, 1.82) is 0 Å². The number of hydrogen-bond acceptors (Lipinski definition) is 4. The van der Waals surface area contributed by atoms with Gasteiger partial charge < -0.3 is 10.2 Å². The molecule has 130 valence electrons. The Kier molecular flexibility index (Phi) is 4.93. The number of carboxylic acid groups (broad SMARTS) is 1. The number of benzene rings is 1. The van der Waals surface area contributed by atoms with E-state index in [0.717, 1.165) is 6.92 Å². The number of aromatic hydroxyl groups is 1. The molecule has 0 bridgehead atoms. The summed E-state index contributed by atoms with van der Waals surface area (Å²) in [5, 5.41) is 18.1. The van der Waals surface area contributed by atoms with Crippen LogP contribution in [0.5, 0.6) is 5.75 Å². The Hall–Kier alpha value is -1.56. The van der Waals surface area contributed by atoms with Crippen molar-refractivity contribution in [2.24, 2.45) is 0 Å². The van der Waals surface area contributed by atoms with E-state index in [4.69, 9.17) is 5.11 Å². The molecule has 0 heterocycles. The van der Waals surface area contributed by atoms with E-state index in [2.05, 4.69) is 0 Å². The normalized spacial score (nSPS) is 14.6. The zero-order valence-corrected chi connectivity index (χ0v) is 15.6. The topological polar surface area (TPSA) is 91.7 Å². The summed E-state index contributed by atoms with van der Waals surface area (Å²) in [5.41, 5.74) is 0.00613. The molecule has 2 N–H and O–H groups in total. The molecule has 1 unspecified atom stereocenters. The quantitative estimate of drug-likeness (QED) is 0.880. The van der Waals surface area contributed by atoms with Crippen LogP contribution in [-0.2, 0) is 25.5 Å². The molecule has 23 heavy (non-hydrogen) atoms. The Morgan fingerprint density at radius 1 is 1.00 bits per heavy atom. The first-order chi connectivity index (χ1) is 10.1. The average molecular weight is 342 g/mol. The highest BCUT2D eigenvalue weighted by Crippen LogP contribution is 2.41. The molecule has 0 aliphatic rings. The summed E-state index contributed by atoms with van der Waals surface area (Å²) < 4.78 is 25.2. The number of sulfone groups is 1. The van der Waals surface area contributed by atoms with Gasteiger partial charge in [-0.05, 0) is 29.9 Å². The maximum Gasteiger partial charge on any atom is 0.321 e. The molecule has 0 saturated heterocycles. The van der Waals surface area contributed by atoms with Gasteiger partial charge in [-0.2, -0.15) is 0 Å². The van der Waals surface area contributed by atoms with Crippen LogP contribution in [0.3, 0.4) is 0 Å².